The number of carboxylic acid groups (broad SMARTS) is 1. The van der Waals surface area contributed by atoms with E-state index in [1.807, 2.05) is 6.92 Å². The van der Waals surface area contributed by atoms with Crippen LogP contribution in [0.15, 0.2) is 17.3 Å². The Labute approximate surface area is 105 Å². The minimum absolute atomic E-state index is 0.0159. The molecule has 0 radical (unpaired) electrons. The molecule has 0 aromatic carbocycles. The van der Waals surface area contributed by atoms with Crippen LogP contribution in [0.25, 0.3) is 0 Å². The van der Waals surface area contributed by atoms with Crippen LogP contribution in [0, 0.1) is 0 Å². The standard InChI is InChI=1S/C10H15N3O4S/c1-8-3-2-4-13(8)18(16,17)9-5-11-12(6-9)7-10(14)15/h5-6,8H,2-4,7H2,1H3,(H,14,15). The Morgan fingerprint density at radius 3 is 2.89 bits per heavy atom. The molecule has 0 saturated carbocycles. The predicted octanol–water partition coefficient (Wildman–Crippen LogP) is 0.141. The molecule has 1 fully saturated rings. The van der Waals surface area contributed by atoms with Crippen LogP contribution in [-0.2, 0) is 21.4 Å². The number of rotatable bonds is 4. The first-order chi connectivity index (χ1) is 8.41. The largest absolute Gasteiger partial charge is 0.480 e. The van der Waals surface area contributed by atoms with Gasteiger partial charge in [0.25, 0.3) is 0 Å². The van der Waals surface area contributed by atoms with Crippen molar-refractivity contribution < 1.29 is 18.3 Å². The maximum atomic E-state index is 12.3. The summed E-state index contributed by atoms with van der Waals surface area (Å²) in [6, 6.07) is -0.0159. The molecule has 2 rings (SSSR count). The average Bonchev–Trinajstić information content (AvgIpc) is 2.86. The molecule has 0 spiro atoms. The minimum atomic E-state index is -3.55. The lowest BCUT2D eigenvalue weighted by molar-refractivity contribution is -0.137. The summed E-state index contributed by atoms with van der Waals surface area (Å²) in [5.41, 5.74) is 0. The zero-order chi connectivity index (χ0) is 13.3. The summed E-state index contributed by atoms with van der Waals surface area (Å²) in [5.74, 6) is -1.06. The van der Waals surface area contributed by atoms with Crippen molar-refractivity contribution in [3.05, 3.63) is 12.4 Å². The van der Waals surface area contributed by atoms with E-state index in [1.54, 1.807) is 0 Å². The molecule has 7 nitrogen and oxygen atoms in total. The Bertz CT molecular complexity index is 551. The molecule has 1 aromatic heterocycles. The fourth-order valence-corrected chi connectivity index (χ4v) is 3.76. The number of hydrogen-bond donors (Lipinski definition) is 1. The smallest absolute Gasteiger partial charge is 0.325 e. The second-order valence-corrected chi connectivity index (χ2v) is 6.26. The van der Waals surface area contributed by atoms with Gasteiger partial charge in [-0.15, -0.1) is 0 Å². The number of carboxylic acids is 1. The molecule has 2 heterocycles. The van der Waals surface area contributed by atoms with Crippen LogP contribution in [0.3, 0.4) is 0 Å². The lowest BCUT2D eigenvalue weighted by Crippen LogP contribution is -2.33. The Kier molecular flexibility index (Phi) is 3.40. The molecule has 0 aliphatic carbocycles. The number of hydrogen-bond acceptors (Lipinski definition) is 4. The van der Waals surface area contributed by atoms with Crippen molar-refractivity contribution in [3.8, 4) is 0 Å². The fraction of sp³-hybridized carbons (Fsp3) is 0.600. The quantitative estimate of drug-likeness (QED) is 0.842. The zero-order valence-corrected chi connectivity index (χ0v) is 10.8. The fourth-order valence-electron chi connectivity index (χ4n) is 2.10. The van der Waals surface area contributed by atoms with Crippen LogP contribution < -0.4 is 0 Å². The first kappa shape index (κ1) is 13.0. The van der Waals surface area contributed by atoms with Crippen LogP contribution in [0.2, 0.25) is 0 Å². The maximum absolute atomic E-state index is 12.3. The van der Waals surface area contributed by atoms with E-state index < -0.39 is 16.0 Å². The molecular formula is C10H15N3O4S. The van der Waals surface area contributed by atoms with E-state index in [0.29, 0.717) is 6.54 Å². The van der Waals surface area contributed by atoms with Crippen LogP contribution in [-0.4, -0.2) is 46.2 Å². The van der Waals surface area contributed by atoms with Crippen molar-refractivity contribution in [3.63, 3.8) is 0 Å². The molecule has 100 valence electrons. The monoisotopic (exact) mass is 273 g/mol. The van der Waals surface area contributed by atoms with E-state index in [9.17, 15) is 13.2 Å². The van der Waals surface area contributed by atoms with Gasteiger partial charge in [0.05, 0.1) is 6.20 Å². The topological polar surface area (TPSA) is 92.5 Å². The lowest BCUT2D eigenvalue weighted by Gasteiger charge is -2.19. The molecule has 18 heavy (non-hydrogen) atoms. The molecule has 1 aliphatic rings. The van der Waals surface area contributed by atoms with Crippen molar-refractivity contribution >= 4 is 16.0 Å². The van der Waals surface area contributed by atoms with Gasteiger partial charge in [0, 0.05) is 18.8 Å². The van der Waals surface area contributed by atoms with Crippen molar-refractivity contribution in [1.82, 2.24) is 14.1 Å². The van der Waals surface area contributed by atoms with Gasteiger partial charge in [0.15, 0.2) is 0 Å². The van der Waals surface area contributed by atoms with Crippen molar-refractivity contribution in [2.75, 3.05) is 6.54 Å². The van der Waals surface area contributed by atoms with Gasteiger partial charge in [-0.2, -0.15) is 9.40 Å². The number of carbonyl (C=O) groups is 1. The summed E-state index contributed by atoms with van der Waals surface area (Å²) in [6.07, 6.45) is 4.16. The normalized spacial score (nSPS) is 21.3. The highest BCUT2D eigenvalue weighted by Crippen LogP contribution is 2.25. The van der Waals surface area contributed by atoms with Gasteiger partial charge in [0.2, 0.25) is 10.0 Å². The van der Waals surface area contributed by atoms with E-state index in [2.05, 4.69) is 5.10 Å². The summed E-state index contributed by atoms with van der Waals surface area (Å²) in [4.78, 5) is 10.6. The maximum Gasteiger partial charge on any atom is 0.325 e. The number of aromatic nitrogens is 2. The van der Waals surface area contributed by atoms with Gasteiger partial charge in [-0.25, -0.2) is 8.42 Å². The Morgan fingerprint density at radius 2 is 2.33 bits per heavy atom. The Balaban J connectivity index is 2.24. The van der Waals surface area contributed by atoms with Crippen LogP contribution in [0.4, 0.5) is 0 Å². The third kappa shape index (κ3) is 2.39. The van der Waals surface area contributed by atoms with E-state index in [4.69, 9.17) is 5.11 Å². The summed E-state index contributed by atoms with van der Waals surface area (Å²) < 4.78 is 27.1. The molecule has 1 unspecified atom stereocenters. The molecule has 1 atom stereocenters. The average molecular weight is 273 g/mol. The van der Waals surface area contributed by atoms with Crippen LogP contribution >= 0.6 is 0 Å². The molecular weight excluding hydrogens is 258 g/mol. The highest BCUT2D eigenvalue weighted by Gasteiger charge is 2.33. The van der Waals surface area contributed by atoms with Crippen molar-refractivity contribution in [2.24, 2.45) is 0 Å². The molecule has 0 bridgehead atoms. The van der Waals surface area contributed by atoms with Gasteiger partial charge in [0.1, 0.15) is 11.4 Å². The molecule has 8 heteroatoms. The van der Waals surface area contributed by atoms with Crippen molar-refractivity contribution in [1.29, 1.82) is 0 Å². The van der Waals surface area contributed by atoms with Gasteiger partial charge in [-0.05, 0) is 19.8 Å². The van der Waals surface area contributed by atoms with Crippen LogP contribution in [0.1, 0.15) is 19.8 Å². The molecule has 1 aliphatic heterocycles. The van der Waals surface area contributed by atoms with Gasteiger partial charge >= 0.3 is 5.97 Å². The molecule has 1 saturated heterocycles. The van der Waals surface area contributed by atoms with Gasteiger partial charge in [-0.1, -0.05) is 0 Å². The van der Waals surface area contributed by atoms with E-state index in [0.717, 1.165) is 17.5 Å². The first-order valence-electron chi connectivity index (χ1n) is 5.67. The Hall–Kier alpha value is -1.41. The van der Waals surface area contributed by atoms with Gasteiger partial charge in [-0.3, -0.25) is 9.48 Å². The number of aliphatic carboxylic acids is 1. The zero-order valence-electron chi connectivity index (χ0n) is 9.98. The molecule has 1 aromatic rings. The molecule has 1 N–H and O–H groups in total. The van der Waals surface area contributed by atoms with Crippen molar-refractivity contribution in [2.45, 2.75) is 37.2 Å². The second kappa shape index (κ2) is 4.69. The Morgan fingerprint density at radius 1 is 1.61 bits per heavy atom. The third-order valence-corrected chi connectivity index (χ3v) is 4.97. The first-order valence-corrected chi connectivity index (χ1v) is 7.11. The third-order valence-electron chi connectivity index (χ3n) is 3.01. The van der Waals surface area contributed by atoms with E-state index in [1.165, 1.54) is 16.7 Å². The summed E-state index contributed by atoms with van der Waals surface area (Å²) in [6.45, 7) is 2.03. The SMILES string of the molecule is CC1CCCN1S(=O)(=O)c1cnn(CC(=O)O)c1. The second-order valence-electron chi connectivity index (χ2n) is 4.37. The minimum Gasteiger partial charge on any atom is -0.480 e. The number of sulfonamides is 1. The highest BCUT2D eigenvalue weighted by molar-refractivity contribution is 7.89. The molecule has 0 amide bonds. The van der Waals surface area contributed by atoms with E-state index >= 15 is 0 Å². The lowest BCUT2D eigenvalue weighted by atomic mass is 10.3. The van der Waals surface area contributed by atoms with Crippen LogP contribution in [0.5, 0.6) is 0 Å². The summed E-state index contributed by atoms with van der Waals surface area (Å²) in [5, 5.41) is 12.4. The number of nitrogens with zero attached hydrogens (tertiary/aromatic N) is 3. The van der Waals surface area contributed by atoms with E-state index in [-0.39, 0.29) is 17.5 Å². The summed E-state index contributed by atoms with van der Waals surface area (Å²) >= 11 is 0. The highest BCUT2D eigenvalue weighted by atomic mass is 32.2. The van der Waals surface area contributed by atoms with Gasteiger partial charge < -0.3 is 5.11 Å². The summed E-state index contributed by atoms with van der Waals surface area (Å²) in [7, 11) is -3.55. The predicted molar refractivity (Wildman–Crippen MR) is 62.5 cm³/mol.